The molecule has 0 radical (unpaired) electrons. The van der Waals surface area contributed by atoms with Crippen LogP contribution in [0.15, 0.2) is 65.2 Å². The summed E-state index contributed by atoms with van der Waals surface area (Å²) in [5, 5.41) is 3.74. The van der Waals surface area contributed by atoms with Crippen LogP contribution in [0.1, 0.15) is 23.0 Å². The predicted octanol–water partition coefficient (Wildman–Crippen LogP) is 4.10. The topological polar surface area (TPSA) is 61.6 Å². The van der Waals surface area contributed by atoms with Gasteiger partial charge in [-0.25, -0.2) is 4.79 Å². The van der Waals surface area contributed by atoms with Gasteiger partial charge in [-0.15, -0.1) is 0 Å². The zero-order chi connectivity index (χ0) is 16.8. The first-order chi connectivity index (χ1) is 11.8. The van der Waals surface area contributed by atoms with Gasteiger partial charge in [-0.3, -0.25) is 0 Å². The number of hydrogen-bond donors (Lipinski definition) is 0. The summed E-state index contributed by atoms with van der Waals surface area (Å²) in [7, 11) is 0. The van der Waals surface area contributed by atoms with Gasteiger partial charge in [0.1, 0.15) is 12.4 Å². The Kier molecular flexibility index (Phi) is 4.91. The number of nitrogens with zero attached hydrogens (tertiary/aromatic N) is 1. The molecule has 0 fully saturated rings. The highest BCUT2D eigenvalue weighted by molar-refractivity contribution is 5.88. The standard InChI is InChI=1S/C19H17NO4/c1-2-22-19(21)17-12-18(24-20-17)15-9-6-10-16(11-15)23-13-14-7-4-3-5-8-14/h3-12H,2,13H2,1H3. The van der Waals surface area contributed by atoms with Crippen LogP contribution in [-0.2, 0) is 11.3 Å². The van der Waals surface area contributed by atoms with Gasteiger partial charge in [-0.2, -0.15) is 0 Å². The molecule has 0 saturated carbocycles. The number of esters is 1. The molecule has 0 aliphatic heterocycles. The van der Waals surface area contributed by atoms with Gasteiger partial charge >= 0.3 is 5.97 Å². The fourth-order valence-electron chi connectivity index (χ4n) is 2.19. The molecule has 0 saturated heterocycles. The van der Waals surface area contributed by atoms with Crippen molar-refractivity contribution in [3.63, 3.8) is 0 Å². The third-order valence-electron chi connectivity index (χ3n) is 3.36. The van der Waals surface area contributed by atoms with Gasteiger partial charge in [0.05, 0.1) is 6.61 Å². The quantitative estimate of drug-likeness (QED) is 0.639. The predicted molar refractivity (Wildman–Crippen MR) is 88.7 cm³/mol. The Hall–Kier alpha value is -3.08. The lowest BCUT2D eigenvalue weighted by molar-refractivity contribution is 0.0514. The number of benzene rings is 2. The Morgan fingerprint density at radius 1 is 1.08 bits per heavy atom. The fourth-order valence-corrected chi connectivity index (χ4v) is 2.19. The molecule has 0 N–H and O–H groups in total. The largest absolute Gasteiger partial charge is 0.489 e. The molecule has 24 heavy (non-hydrogen) atoms. The van der Waals surface area contributed by atoms with E-state index in [9.17, 15) is 4.79 Å². The van der Waals surface area contributed by atoms with E-state index in [0.717, 1.165) is 11.1 Å². The van der Waals surface area contributed by atoms with Gasteiger partial charge in [0.25, 0.3) is 0 Å². The highest BCUT2D eigenvalue weighted by Gasteiger charge is 2.14. The molecule has 2 aromatic carbocycles. The number of carbonyl (C=O) groups is 1. The molecule has 0 spiro atoms. The molecule has 122 valence electrons. The maximum absolute atomic E-state index is 11.6. The van der Waals surface area contributed by atoms with Crippen molar-refractivity contribution in [2.24, 2.45) is 0 Å². The van der Waals surface area contributed by atoms with Crippen LogP contribution >= 0.6 is 0 Å². The normalized spacial score (nSPS) is 10.4. The van der Waals surface area contributed by atoms with Crippen LogP contribution in [-0.4, -0.2) is 17.7 Å². The lowest BCUT2D eigenvalue weighted by Gasteiger charge is -2.07. The molecule has 1 heterocycles. The molecular formula is C19H17NO4. The second kappa shape index (κ2) is 7.46. The summed E-state index contributed by atoms with van der Waals surface area (Å²) in [4.78, 5) is 11.6. The van der Waals surface area contributed by atoms with Crippen LogP contribution in [0.25, 0.3) is 11.3 Å². The summed E-state index contributed by atoms with van der Waals surface area (Å²) in [6.07, 6.45) is 0. The minimum atomic E-state index is -0.496. The molecule has 0 amide bonds. The first kappa shape index (κ1) is 15.8. The van der Waals surface area contributed by atoms with E-state index in [1.165, 1.54) is 0 Å². The zero-order valence-electron chi connectivity index (χ0n) is 13.3. The average Bonchev–Trinajstić information content (AvgIpc) is 3.12. The molecule has 0 aliphatic rings. The van der Waals surface area contributed by atoms with E-state index >= 15 is 0 Å². The smallest absolute Gasteiger partial charge is 0.360 e. The van der Waals surface area contributed by atoms with Crippen LogP contribution in [0.4, 0.5) is 0 Å². The van der Waals surface area contributed by atoms with E-state index in [1.54, 1.807) is 13.0 Å². The first-order valence-corrected chi connectivity index (χ1v) is 7.67. The van der Waals surface area contributed by atoms with Crippen molar-refractivity contribution in [2.45, 2.75) is 13.5 Å². The van der Waals surface area contributed by atoms with E-state index in [2.05, 4.69) is 5.16 Å². The van der Waals surface area contributed by atoms with Crippen LogP contribution in [0, 0.1) is 0 Å². The van der Waals surface area contributed by atoms with Gasteiger partial charge in [0, 0.05) is 11.6 Å². The molecular weight excluding hydrogens is 306 g/mol. The number of hydrogen-bond acceptors (Lipinski definition) is 5. The number of aromatic nitrogens is 1. The van der Waals surface area contributed by atoms with E-state index in [0.29, 0.717) is 24.7 Å². The van der Waals surface area contributed by atoms with Gasteiger partial charge in [-0.1, -0.05) is 47.6 Å². The van der Waals surface area contributed by atoms with Crippen molar-refractivity contribution < 1.29 is 18.8 Å². The lowest BCUT2D eigenvalue weighted by atomic mass is 10.1. The minimum Gasteiger partial charge on any atom is -0.489 e. The summed E-state index contributed by atoms with van der Waals surface area (Å²) < 4.78 is 15.9. The maximum Gasteiger partial charge on any atom is 0.360 e. The Balaban J connectivity index is 1.72. The van der Waals surface area contributed by atoms with Gasteiger partial charge in [-0.05, 0) is 24.6 Å². The third-order valence-corrected chi connectivity index (χ3v) is 3.36. The van der Waals surface area contributed by atoms with Crippen molar-refractivity contribution in [1.82, 2.24) is 5.16 Å². The van der Waals surface area contributed by atoms with Gasteiger partial charge in [0.2, 0.25) is 0 Å². The van der Waals surface area contributed by atoms with Crippen molar-refractivity contribution in [1.29, 1.82) is 0 Å². The molecule has 3 rings (SSSR count). The Labute approximate surface area is 139 Å². The highest BCUT2D eigenvalue weighted by atomic mass is 16.5. The average molecular weight is 323 g/mol. The van der Waals surface area contributed by atoms with E-state index in [4.69, 9.17) is 14.0 Å². The number of carbonyl (C=O) groups excluding carboxylic acids is 1. The van der Waals surface area contributed by atoms with Crippen LogP contribution < -0.4 is 4.74 Å². The lowest BCUT2D eigenvalue weighted by Crippen LogP contribution is -2.04. The summed E-state index contributed by atoms with van der Waals surface area (Å²) in [6, 6.07) is 18.9. The summed E-state index contributed by atoms with van der Waals surface area (Å²) in [5.41, 5.74) is 2.03. The molecule has 0 atom stereocenters. The van der Waals surface area contributed by atoms with Crippen molar-refractivity contribution in [3.05, 3.63) is 71.9 Å². The van der Waals surface area contributed by atoms with Crippen molar-refractivity contribution >= 4 is 5.97 Å². The Bertz CT molecular complexity index is 811. The van der Waals surface area contributed by atoms with Gasteiger partial charge < -0.3 is 14.0 Å². The van der Waals surface area contributed by atoms with Crippen LogP contribution in [0.5, 0.6) is 5.75 Å². The monoisotopic (exact) mass is 323 g/mol. The van der Waals surface area contributed by atoms with E-state index in [-0.39, 0.29) is 5.69 Å². The van der Waals surface area contributed by atoms with Gasteiger partial charge in [0.15, 0.2) is 11.5 Å². The molecule has 0 bridgehead atoms. The molecule has 5 heteroatoms. The molecule has 0 aliphatic carbocycles. The van der Waals surface area contributed by atoms with Crippen LogP contribution in [0.3, 0.4) is 0 Å². The molecule has 5 nitrogen and oxygen atoms in total. The minimum absolute atomic E-state index is 0.155. The molecule has 0 unspecified atom stereocenters. The van der Waals surface area contributed by atoms with E-state index < -0.39 is 5.97 Å². The summed E-state index contributed by atoms with van der Waals surface area (Å²) in [6.45, 7) is 2.52. The highest BCUT2D eigenvalue weighted by Crippen LogP contribution is 2.25. The van der Waals surface area contributed by atoms with Crippen molar-refractivity contribution in [3.8, 4) is 17.1 Å². The first-order valence-electron chi connectivity index (χ1n) is 7.67. The SMILES string of the molecule is CCOC(=O)c1cc(-c2cccc(OCc3ccccc3)c2)on1. The summed E-state index contributed by atoms with van der Waals surface area (Å²) in [5.74, 6) is 0.706. The maximum atomic E-state index is 11.6. The van der Waals surface area contributed by atoms with E-state index in [1.807, 2.05) is 54.6 Å². The second-order valence-corrected chi connectivity index (χ2v) is 5.10. The van der Waals surface area contributed by atoms with Crippen LogP contribution in [0.2, 0.25) is 0 Å². The fraction of sp³-hybridized carbons (Fsp3) is 0.158. The number of rotatable bonds is 6. The second-order valence-electron chi connectivity index (χ2n) is 5.10. The Morgan fingerprint density at radius 3 is 2.71 bits per heavy atom. The van der Waals surface area contributed by atoms with Crippen molar-refractivity contribution in [2.75, 3.05) is 6.61 Å². The Morgan fingerprint density at radius 2 is 1.92 bits per heavy atom. The third kappa shape index (κ3) is 3.81. The molecule has 1 aromatic heterocycles. The number of ether oxygens (including phenoxy) is 2. The zero-order valence-corrected chi connectivity index (χ0v) is 13.3. The summed E-state index contributed by atoms with van der Waals surface area (Å²) >= 11 is 0. The molecule has 3 aromatic rings.